The lowest BCUT2D eigenvalue weighted by molar-refractivity contribution is 0.148. The summed E-state index contributed by atoms with van der Waals surface area (Å²) in [5, 5.41) is 0.804. The van der Waals surface area contributed by atoms with E-state index in [1.807, 2.05) is 24.7 Å². The Morgan fingerprint density at radius 2 is 2.12 bits per heavy atom. The average molecular weight is 359 g/mol. The van der Waals surface area contributed by atoms with Gasteiger partial charge in [-0.1, -0.05) is 23.9 Å². The Balaban J connectivity index is 1.45. The number of fused-ring (bicyclic) bond motifs is 1. The van der Waals surface area contributed by atoms with Crippen LogP contribution in [-0.2, 0) is 6.54 Å². The summed E-state index contributed by atoms with van der Waals surface area (Å²) >= 11 is 1.55. The molecule has 3 unspecified atom stereocenters. The molecule has 2 aliphatic rings. The van der Waals surface area contributed by atoms with Gasteiger partial charge >= 0.3 is 0 Å². The number of halogens is 1. The zero-order valence-electron chi connectivity index (χ0n) is 14.2. The fourth-order valence-electron chi connectivity index (χ4n) is 3.84. The quantitative estimate of drug-likeness (QED) is 0.646. The molecule has 4 rings (SSSR count). The maximum atomic E-state index is 13.6. The molecule has 0 spiro atoms. The van der Waals surface area contributed by atoms with E-state index in [2.05, 4.69) is 25.7 Å². The summed E-state index contributed by atoms with van der Waals surface area (Å²) in [4.78, 5) is 11.2. The monoisotopic (exact) mass is 359 g/mol. The predicted octanol–water partition coefficient (Wildman–Crippen LogP) is 2.38. The van der Waals surface area contributed by atoms with Crippen LogP contribution in [0.25, 0.3) is 0 Å². The van der Waals surface area contributed by atoms with Crippen molar-refractivity contribution < 1.29 is 4.39 Å². The van der Waals surface area contributed by atoms with Crippen LogP contribution in [0.5, 0.6) is 0 Å². The number of piperidine rings is 1. The van der Waals surface area contributed by atoms with Crippen molar-refractivity contribution in [3.8, 4) is 0 Å². The minimum absolute atomic E-state index is 0.138. The van der Waals surface area contributed by atoms with Crippen molar-refractivity contribution >= 4 is 11.8 Å². The lowest BCUT2D eigenvalue weighted by Gasteiger charge is -2.36. The van der Waals surface area contributed by atoms with Gasteiger partial charge in [-0.15, -0.1) is 0 Å². The molecule has 5 nitrogen and oxygen atoms in total. The molecule has 0 bridgehead atoms. The Hall–Kier alpha value is -1.54. The third-order valence-corrected chi connectivity index (χ3v) is 5.65. The zero-order chi connectivity index (χ0) is 17.2. The fraction of sp³-hybridized carbons (Fsp3) is 0.444. The first kappa shape index (κ1) is 16.9. The minimum atomic E-state index is -0.179. The highest BCUT2D eigenvalue weighted by atomic mass is 32.2. The summed E-state index contributed by atoms with van der Waals surface area (Å²) in [5.74, 6) is 0.239. The Morgan fingerprint density at radius 1 is 1.28 bits per heavy atom. The van der Waals surface area contributed by atoms with Crippen LogP contribution < -0.4 is 10.9 Å². The number of nitrogens with zero attached hydrogens (tertiary/aromatic N) is 3. The van der Waals surface area contributed by atoms with Crippen LogP contribution in [0.15, 0.2) is 41.8 Å². The molecule has 2 saturated heterocycles. The molecule has 2 N–H and O–H groups in total. The zero-order valence-corrected chi connectivity index (χ0v) is 15.0. The molecule has 0 aliphatic carbocycles. The van der Waals surface area contributed by atoms with E-state index in [9.17, 15) is 4.39 Å². The van der Waals surface area contributed by atoms with Crippen LogP contribution in [0.3, 0.4) is 0 Å². The Morgan fingerprint density at radius 3 is 2.88 bits per heavy atom. The van der Waals surface area contributed by atoms with E-state index in [0.717, 1.165) is 42.3 Å². The van der Waals surface area contributed by atoms with E-state index in [1.54, 1.807) is 23.9 Å². The number of thioether (sulfide) groups is 1. The number of nitrogens with one attached hydrogen (secondary N) is 2. The molecule has 7 heteroatoms. The van der Waals surface area contributed by atoms with Crippen molar-refractivity contribution in [1.82, 2.24) is 25.7 Å². The topological polar surface area (TPSA) is 53.1 Å². The lowest BCUT2D eigenvalue weighted by Crippen LogP contribution is -2.45. The van der Waals surface area contributed by atoms with Crippen molar-refractivity contribution in [3.05, 3.63) is 53.6 Å². The van der Waals surface area contributed by atoms with Crippen LogP contribution in [0.2, 0.25) is 0 Å². The second kappa shape index (κ2) is 7.37. The average Bonchev–Trinajstić information content (AvgIpc) is 3.06. The van der Waals surface area contributed by atoms with E-state index >= 15 is 0 Å². The van der Waals surface area contributed by atoms with Crippen LogP contribution in [0.1, 0.15) is 23.6 Å². The molecule has 1 aromatic heterocycles. The van der Waals surface area contributed by atoms with Gasteiger partial charge in [0.15, 0.2) is 5.16 Å². The summed E-state index contributed by atoms with van der Waals surface area (Å²) in [6.07, 6.45) is 6.89. The van der Waals surface area contributed by atoms with Gasteiger partial charge in [0.05, 0.1) is 6.04 Å². The first-order chi connectivity index (χ1) is 12.2. The molecular formula is C18H22FN5S. The van der Waals surface area contributed by atoms with Crippen molar-refractivity contribution in [3.63, 3.8) is 0 Å². The molecule has 25 heavy (non-hydrogen) atoms. The molecule has 0 amide bonds. The first-order valence-electron chi connectivity index (χ1n) is 8.57. The van der Waals surface area contributed by atoms with Gasteiger partial charge in [-0.05, 0) is 30.4 Å². The molecular weight excluding hydrogens is 337 g/mol. The largest absolute Gasteiger partial charge is 0.298 e. The normalized spacial score (nSPS) is 26.6. The van der Waals surface area contributed by atoms with Gasteiger partial charge in [0.25, 0.3) is 0 Å². The van der Waals surface area contributed by atoms with Crippen LogP contribution in [-0.4, -0.2) is 40.3 Å². The third-order valence-electron chi connectivity index (χ3n) is 5.07. The second-order valence-electron chi connectivity index (χ2n) is 6.69. The summed E-state index contributed by atoms with van der Waals surface area (Å²) < 4.78 is 13.6. The highest BCUT2D eigenvalue weighted by Crippen LogP contribution is 2.34. The number of benzene rings is 1. The second-order valence-corrected chi connectivity index (χ2v) is 7.47. The number of hydrazine groups is 1. The molecule has 0 saturated carbocycles. The standard InChI is InChI=1S/C18H22FN5S/c1-25-18-20-8-12(9-21-18)10-24-6-5-16-15(11-24)17(23-22-16)13-3-2-4-14(19)7-13/h2-4,7-9,15-17,22-23H,5-6,10-11H2,1H3. The third kappa shape index (κ3) is 3.69. The highest BCUT2D eigenvalue weighted by Gasteiger charge is 2.40. The molecule has 2 aliphatic heterocycles. The molecule has 2 aromatic rings. The maximum Gasteiger partial charge on any atom is 0.187 e. The molecule has 1 aromatic carbocycles. The number of aromatic nitrogens is 2. The summed E-state index contributed by atoms with van der Waals surface area (Å²) in [6.45, 7) is 2.86. The molecule has 3 heterocycles. The van der Waals surface area contributed by atoms with Crippen molar-refractivity contribution in [2.45, 2.75) is 30.2 Å². The first-order valence-corrected chi connectivity index (χ1v) is 9.79. The molecule has 0 radical (unpaired) electrons. The van der Waals surface area contributed by atoms with Gasteiger partial charge in [-0.25, -0.2) is 19.8 Å². The van der Waals surface area contributed by atoms with Crippen molar-refractivity contribution in [1.29, 1.82) is 0 Å². The van der Waals surface area contributed by atoms with Crippen LogP contribution in [0.4, 0.5) is 4.39 Å². The van der Waals surface area contributed by atoms with Crippen LogP contribution in [0, 0.1) is 11.7 Å². The SMILES string of the molecule is CSc1ncc(CN2CCC3NNC(c4cccc(F)c4)C3C2)cn1. The number of hydrogen-bond donors (Lipinski definition) is 2. The van der Waals surface area contributed by atoms with Crippen molar-refractivity contribution in [2.75, 3.05) is 19.3 Å². The van der Waals surface area contributed by atoms with E-state index in [-0.39, 0.29) is 11.9 Å². The predicted molar refractivity (Wildman–Crippen MR) is 96.4 cm³/mol. The summed E-state index contributed by atoms with van der Waals surface area (Å²) in [5.41, 5.74) is 8.92. The number of likely N-dealkylation sites (tertiary alicyclic amines) is 1. The summed E-state index contributed by atoms with van der Waals surface area (Å²) in [7, 11) is 0. The van der Waals surface area contributed by atoms with E-state index in [4.69, 9.17) is 0 Å². The Bertz CT molecular complexity index is 726. The van der Waals surface area contributed by atoms with Gasteiger partial charge in [0.2, 0.25) is 0 Å². The molecule has 3 atom stereocenters. The maximum absolute atomic E-state index is 13.6. The van der Waals surface area contributed by atoms with Gasteiger partial charge in [0, 0.05) is 49.6 Å². The van der Waals surface area contributed by atoms with Gasteiger partial charge in [0.1, 0.15) is 5.82 Å². The van der Waals surface area contributed by atoms with Crippen LogP contribution >= 0.6 is 11.8 Å². The minimum Gasteiger partial charge on any atom is -0.298 e. The van der Waals surface area contributed by atoms with E-state index < -0.39 is 0 Å². The number of hydrogen-bond acceptors (Lipinski definition) is 6. The highest BCUT2D eigenvalue weighted by molar-refractivity contribution is 7.98. The van der Waals surface area contributed by atoms with Gasteiger partial charge in [-0.2, -0.15) is 0 Å². The Labute approximate surface area is 151 Å². The summed E-state index contributed by atoms with van der Waals surface area (Å²) in [6, 6.07) is 7.48. The van der Waals surface area contributed by atoms with Gasteiger partial charge in [-0.3, -0.25) is 10.3 Å². The molecule has 132 valence electrons. The van der Waals surface area contributed by atoms with E-state index in [1.165, 1.54) is 6.07 Å². The molecule has 2 fully saturated rings. The fourth-order valence-corrected chi connectivity index (χ4v) is 4.15. The van der Waals surface area contributed by atoms with Gasteiger partial charge < -0.3 is 0 Å². The number of rotatable bonds is 4. The van der Waals surface area contributed by atoms with E-state index in [0.29, 0.717) is 12.0 Å². The smallest absolute Gasteiger partial charge is 0.187 e. The lowest BCUT2D eigenvalue weighted by atomic mass is 9.85. The Kier molecular flexibility index (Phi) is 4.98. The van der Waals surface area contributed by atoms with Crippen molar-refractivity contribution in [2.24, 2.45) is 5.92 Å².